The number of esters is 1. The van der Waals surface area contributed by atoms with E-state index < -0.39 is 0 Å². The summed E-state index contributed by atoms with van der Waals surface area (Å²) in [5, 5.41) is 2.59. The first-order valence-corrected chi connectivity index (χ1v) is 8.82. The molecule has 126 valence electrons. The zero-order valence-electron chi connectivity index (χ0n) is 14.5. The van der Waals surface area contributed by atoms with Crippen molar-refractivity contribution in [3.63, 3.8) is 0 Å². The number of carbonyl (C=O) groups excluding carboxylic acids is 1. The Morgan fingerprint density at radius 1 is 1.04 bits per heavy atom. The van der Waals surface area contributed by atoms with Gasteiger partial charge in [0.05, 0.1) is 0 Å². The van der Waals surface area contributed by atoms with E-state index in [9.17, 15) is 4.79 Å². The molecular weight excluding hydrogens is 322 g/mol. The molecule has 0 spiro atoms. The Kier molecular flexibility index (Phi) is 3.29. The SMILES string of the molecule is Cc1cccc(C2=N/C(=C\c3ccc4cccc5c4c3CC5)C(=O)O2)c1. The van der Waals surface area contributed by atoms with Crippen molar-refractivity contribution >= 4 is 28.7 Å². The summed E-state index contributed by atoms with van der Waals surface area (Å²) in [4.78, 5) is 16.8. The van der Waals surface area contributed by atoms with Crippen molar-refractivity contribution in [1.29, 1.82) is 0 Å². The average molecular weight is 339 g/mol. The van der Waals surface area contributed by atoms with Gasteiger partial charge >= 0.3 is 5.97 Å². The highest BCUT2D eigenvalue weighted by atomic mass is 16.6. The molecule has 2 aliphatic rings. The molecule has 5 rings (SSSR count). The van der Waals surface area contributed by atoms with Gasteiger partial charge in [-0.25, -0.2) is 9.79 Å². The standard InChI is InChI=1S/C23H17NO2/c1-14-4-2-7-18(12-14)22-24-20(23(25)26-22)13-17-9-8-15-5-3-6-16-10-11-19(17)21(15)16/h2-9,12-13H,10-11H2,1H3/b20-13-. The summed E-state index contributed by atoms with van der Waals surface area (Å²) in [5.74, 6) is -0.0112. The van der Waals surface area contributed by atoms with Gasteiger partial charge in [-0.15, -0.1) is 0 Å². The lowest BCUT2D eigenvalue weighted by Crippen LogP contribution is -2.05. The lowest BCUT2D eigenvalue weighted by Gasteiger charge is -2.05. The van der Waals surface area contributed by atoms with E-state index in [0.717, 1.165) is 29.5 Å². The Morgan fingerprint density at radius 3 is 2.81 bits per heavy atom. The van der Waals surface area contributed by atoms with Crippen molar-refractivity contribution in [2.45, 2.75) is 19.8 Å². The van der Waals surface area contributed by atoms with Crippen LogP contribution in [0, 0.1) is 6.92 Å². The molecule has 0 saturated carbocycles. The predicted molar refractivity (Wildman–Crippen MR) is 103 cm³/mol. The second kappa shape index (κ2) is 5.67. The van der Waals surface area contributed by atoms with Gasteiger partial charge in [-0.3, -0.25) is 0 Å². The van der Waals surface area contributed by atoms with Gasteiger partial charge in [0.15, 0.2) is 5.70 Å². The summed E-state index contributed by atoms with van der Waals surface area (Å²) in [6, 6.07) is 18.5. The molecule has 0 radical (unpaired) electrons. The van der Waals surface area contributed by atoms with E-state index in [1.54, 1.807) is 0 Å². The Morgan fingerprint density at radius 2 is 1.92 bits per heavy atom. The Labute approximate surface area is 151 Å². The summed E-state index contributed by atoms with van der Waals surface area (Å²) in [6.45, 7) is 2.01. The normalized spacial score (nSPS) is 17.0. The smallest absolute Gasteiger partial charge is 0.363 e. The number of rotatable bonds is 2. The van der Waals surface area contributed by atoms with E-state index in [2.05, 4.69) is 35.3 Å². The number of hydrogen-bond acceptors (Lipinski definition) is 3. The van der Waals surface area contributed by atoms with Crippen molar-refractivity contribution in [3.8, 4) is 0 Å². The molecule has 3 aromatic carbocycles. The van der Waals surface area contributed by atoms with Crippen LogP contribution in [0.1, 0.15) is 27.8 Å². The summed E-state index contributed by atoms with van der Waals surface area (Å²) >= 11 is 0. The van der Waals surface area contributed by atoms with Gasteiger partial charge in [0, 0.05) is 5.56 Å². The fourth-order valence-corrected chi connectivity index (χ4v) is 3.88. The van der Waals surface area contributed by atoms with Crippen molar-refractivity contribution in [1.82, 2.24) is 0 Å². The quantitative estimate of drug-likeness (QED) is 0.506. The fourth-order valence-electron chi connectivity index (χ4n) is 3.88. The zero-order valence-corrected chi connectivity index (χ0v) is 14.5. The number of aliphatic imine (C=N–C) groups is 1. The first-order chi connectivity index (χ1) is 12.7. The molecule has 0 atom stereocenters. The number of ether oxygens (including phenoxy) is 1. The van der Waals surface area contributed by atoms with E-state index in [1.165, 1.54) is 21.9 Å². The zero-order chi connectivity index (χ0) is 17.7. The number of benzene rings is 3. The minimum atomic E-state index is -0.389. The molecule has 3 nitrogen and oxygen atoms in total. The molecule has 0 unspecified atom stereocenters. The molecule has 0 bridgehead atoms. The molecule has 0 saturated heterocycles. The van der Waals surface area contributed by atoms with Crippen LogP contribution in [0.15, 0.2) is 65.3 Å². The predicted octanol–water partition coefficient (Wildman–Crippen LogP) is 4.59. The van der Waals surface area contributed by atoms with E-state index >= 15 is 0 Å². The third kappa shape index (κ3) is 2.36. The average Bonchev–Trinajstić information content (AvgIpc) is 3.23. The van der Waals surface area contributed by atoms with Crippen LogP contribution < -0.4 is 0 Å². The monoisotopic (exact) mass is 339 g/mol. The third-order valence-corrected chi connectivity index (χ3v) is 5.10. The number of hydrogen-bond donors (Lipinski definition) is 0. The van der Waals surface area contributed by atoms with E-state index in [-0.39, 0.29) is 5.97 Å². The molecule has 26 heavy (non-hydrogen) atoms. The largest absolute Gasteiger partial charge is 0.402 e. The molecule has 1 aliphatic carbocycles. The summed E-state index contributed by atoms with van der Waals surface area (Å²) < 4.78 is 5.40. The molecule has 0 fully saturated rings. The maximum Gasteiger partial charge on any atom is 0.363 e. The second-order valence-electron chi connectivity index (χ2n) is 6.85. The summed E-state index contributed by atoms with van der Waals surface area (Å²) in [6.07, 6.45) is 3.91. The maximum atomic E-state index is 12.3. The van der Waals surface area contributed by atoms with Gasteiger partial charge in [0.1, 0.15) is 0 Å². The first kappa shape index (κ1) is 15.1. The molecule has 1 aliphatic heterocycles. The molecule has 0 aromatic heterocycles. The van der Waals surface area contributed by atoms with Gasteiger partial charge < -0.3 is 4.74 Å². The highest BCUT2D eigenvalue weighted by Gasteiger charge is 2.25. The van der Waals surface area contributed by atoms with Crippen LogP contribution in [-0.2, 0) is 22.4 Å². The second-order valence-corrected chi connectivity index (χ2v) is 6.85. The minimum absolute atomic E-state index is 0.362. The molecule has 3 heteroatoms. The van der Waals surface area contributed by atoms with Crippen LogP contribution in [0.2, 0.25) is 0 Å². The van der Waals surface area contributed by atoms with Gasteiger partial charge in [0.25, 0.3) is 0 Å². The van der Waals surface area contributed by atoms with E-state index in [1.807, 2.05) is 37.3 Å². The maximum absolute atomic E-state index is 12.3. The van der Waals surface area contributed by atoms with Gasteiger partial charge in [-0.05, 0) is 65.4 Å². The highest BCUT2D eigenvalue weighted by Crippen LogP contribution is 2.34. The number of nitrogens with zero attached hydrogens (tertiary/aromatic N) is 1. The van der Waals surface area contributed by atoms with Crippen LogP contribution in [0.25, 0.3) is 16.8 Å². The van der Waals surface area contributed by atoms with Crippen LogP contribution in [0.4, 0.5) is 0 Å². The molecular formula is C23H17NO2. The lowest BCUT2D eigenvalue weighted by molar-refractivity contribution is -0.129. The van der Waals surface area contributed by atoms with Crippen molar-refractivity contribution in [2.75, 3.05) is 0 Å². The van der Waals surface area contributed by atoms with Gasteiger partial charge in [-0.1, -0.05) is 48.0 Å². The highest BCUT2D eigenvalue weighted by molar-refractivity contribution is 6.13. The summed E-state index contributed by atoms with van der Waals surface area (Å²) in [5.41, 5.74) is 6.04. The molecule has 0 N–H and O–H groups in total. The summed E-state index contributed by atoms with van der Waals surface area (Å²) in [7, 11) is 0. The number of cyclic esters (lactones) is 1. The number of aryl methyl sites for hydroxylation is 3. The van der Waals surface area contributed by atoms with Crippen molar-refractivity contribution in [2.24, 2.45) is 4.99 Å². The van der Waals surface area contributed by atoms with Crippen LogP contribution >= 0.6 is 0 Å². The van der Waals surface area contributed by atoms with Crippen LogP contribution in [-0.4, -0.2) is 11.9 Å². The van der Waals surface area contributed by atoms with E-state index in [0.29, 0.717) is 11.6 Å². The van der Waals surface area contributed by atoms with Crippen molar-refractivity contribution < 1.29 is 9.53 Å². The topological polar surface area (TPSA) is 38.7 Å². The molecule has 1 heterocycles. The Balaban J connectivity index is 1.59. The molecule has 3 aromatic rings. The third-order valence-electron chi connectivity index (χ3n) is 5.10. The Hall–Kier alpha value is -3.20. The van der Waals surface area contributed by atoms with Gasteiger partial charge in [-0.2, -0.15) is 0 Å². The molecule has 0 amide bonds. The van der Waals surface area contributed by atoms with E-state index in [4.69, 9.17) is 4.74 Å². The van der Waals surface area contributed by atoms with Crippen molar-refractivity contribution in [3.05, 3.63) is 88.1 Å². The van der Waals surface area contributed by atoms with Gasteiger partial charge in [0.2, 0.25) is 5.90 Å². The number of carbonyl (C=O) groups is 1. The Bertz CT molecular complexity index is 1140. The fraction of sp³-hybridized carbons (Fsp3) is 0.130. The van der Waals surface area contributed by atoms with Crippen LogP contribution in [0.3, 0.4) is 0 Å². The van der Waals surface area contributed by atoms with Crippen LogP contribution in [0.5, 0.6) is 0 Å². The lowest BCUT2D eigenvalue weighted by atomic mass is 9.99. The first-order valence-electron chi connectivity index (χ1n) is 8.82. The minimum Gasteiger partial charge on any atom is -0.402 e.